The predicted molar refractivity (Wildman–Crippen MR) is 69.4 cm³/mol. The minimum absolute atomic E-state index is 0.0433. The molecule has 0 aliphatic carbocycles. The molecule has 2 atom stereocenters. The zero-order valence-electron chi connectivity index (χ0n) is 10.8. The van der Waals surface area contributed by atoms with Crippen LogP contribution in [0.4, 0.5) is 0 Å². The summed E-state index contributed by atoms with van der Waals surface area (Å²) < 4.78 is 11.4. The van der Waals surface area contributed by atoms with E-state index in [0.29, 0.717) is 5.92 Å². The monoisotopic (exact) mass is 234 g/mol. The van der Waals surface area contributed by atoms with Gasteiger partial charge < -0.3 is 9.47 Å². The van der Waals surface area contributed by atoms with Crippen molar-refractivity contribution in [3.8, 4) is 5.75 Å². The lowest BCUT2D eigenvalue weighted by molar-refractivity contribution is -0.105. The van der Waals surface area contributed by atoms with Gasteiger partial charge in [0.05, 0.1) is 6.61 Å². The maximum atomic E-state index is 5.80. The molecule has 0 N–H and O–H groups in total. The Morgan fingerprint density at radius 1 is 1.29 bits per heavy atom. The van der Waals surface area contributed by atoms with Crippen LogP contribution in [0.3, 0.4) is 0 Å². The Bertz CT molecular complexity index is 325. The Balaban J connectivity index is 1.93. The minimum Gasteiger partial charge on any atom is -0.465 e. The molecule has 1 aliphatic heterocycles. The smallest absolute Gasteiger partial charge is 0.199 e. The van der Waals surface area contributed by atoms with Crippen molar-refractivity contribution in [2.24, 2.45) is 0 Å². The van der Waals surface area contributed by atoms with Crippen molar-refractivity contribution in [3.63, 3.8) is 0 Å². The summed E-state index contributed by atoms with van der Waals surface area (Å²) in [5.41, 5.74) is 1.38. The second-order valence-corrected chi connectivity index (χ2v) is 4.79. The van der Waals surface area contributed by atoms with E-state index >= 15 is 0 Å². The van der Waals surface area contributed by atoms with Gasteiger partial charge in [0.25, 0.3) is 0 Å². The third-order valence-electron chi connectivity index (χ3n) is 3.47. The molecule has 0 spiro atoms. The normalized spacial score (nSPS) is 22.1. The largest absolute Gasteiger partial charge is 0.465 e. The lowest BCUT2D eigenvalue weighted by Crippen LogP contribution is -2.24. The lowest BCUT2D eigenvalue weighted by Gasteiger charge is -2.23. The second-order valence-electron chi connectivity index (χ2n) is 4.79. The molecule has 1 aliphatic rings. The molecule has 0 aromatic heterocycles. The van der Waals surface area contributed by atoms with Crippen LogP contribution >= 0.6 is 0 Å². The molecule has 1 aromatic rings. The summed E-state index contributed by atoms with van der Waals surface area (Å²) >= 11 is 0. The Labute approximate surface area is 104 Å². The quantitative estimate of drug-likeness (QED) is 0.780. The van der Waals surface area contributed by atoms with E-state index in [4.69, 9.17) is 9.47 Å². The molecule has 2 heteroatoms. The molecule has 0 amide bonds. The minimum atomic E-state index is -0.0433. The molecule has 94 valence electrons. The van der Waals surface area contributed by atoms with E-state index in [0.717, 1.165) is 25.2 Å². The van der Waals surface area contributed by atoms with E-state index in [1.165, 1.54) is 18.4 Å². The molecule has 2 unspecified atom stereocenters. The third kappa shape index (κ3) is 3.47. The van der Waals surface area contributed by atoms with Crippen LogP contribution < -0.4 is 4.74 Å². The molecule has 0 radical (unpaired) electrons. The van der Waals surface area contributed by atoms with Gasteiger partial charge in [-0.1, -0.05) is 26.0 Å². The van der Waals surface area contributed by atoms with Crippen molar-refractivity contribution in [1.82, 2.24) is 0 Å². The van der Waals surface area contributed by atoms with Gasteiger partial charge in [0.15, 0.2) is 6.29 Å². The topological polar surface area (TPSA) is 18.5 Å². The predicted octanol–water partition coefficient (Wildman–Crippen LogP) is 4.11. The standard InChI is InChI=1S/C15H22O2/c1-3-12(2)13-7-9-14(10-8-13)17-15-6-4-5-11-16-15/h7-10,12,15H,3-6,11H2,1-2H3. The fraction of sp³-hybridized carbons (Fsp3) is 0.600. The summed E-state index contributed by atoms with van der Waals surface area (Å²) in [6.07, 6.45) is 4.50. The zero-order valence-corrected chi connectivity index (χ0v) is 10.8. The zero-order chi connectivity index (χ0) is 12.1. The Hall–Kier alpha value is -1.02. The van der Waals surface area contributed by atoms with Gasteiger partial charge >= 0.3 is 0 Å². The van der Waals surface area contributed by atoms with Crippen LogP contribution in [0.5, 0.6) is 5.75 Å². The van der Waals surface area contributed by atoms with Crippen LogP contribution in [0.15, 0.2) is 24.3 Å². The van der Waals surface area contributed by atoms with Gasteiger partial charge in [0.1, 0.15) is 5.75 Å². The van der Waals surface area contributed by atoms with Gasteiger partial charge in [-0.05, 0) is 42.9 Å². The highest BCUT2D eigenvalue weighted by molar-refractivity contribution is 5.29. The molecule has 2 nitrogen and oxygen atoms in total. The maximum absolute atomic E-state index is 5.80. The first kappa shape index (κ1) is 12.4. The third-order valence-corrected chi connectivity index (χ3v) is 3.47. The molecule has 1 heterocycles. The number of hydrogen-bond acceptors (Lipinski definition) is 2. The highest BCUT2D eigenvalue weighted by Crippen LogP contribution is 2.23. The van der Waals surface area contributed by atoms with Crippen molar-refractivity contribution >= 4 is 0 Å². The molecule has 0 bridgehead atoms. The fourth-order valence-electron chi connectivity index (χ4n) is 2.07. The molecule has 1 aromatic carbocycles. The van der Waals surface area contributed by atoms with Gasteiger partial charge in [-0.3, -0.25) is 0 Å². The summed E-state index contributed by atoms with van der Waals surface area (Å²) in [4.78, 5) is 0. The number of benzene rings is 1. The summed E-state index contributed by atoms with van der Waals surface area (Å²) in [5.74, 6) is 1.54. The molecule has 17 heavy (non-hydrogen) atoms. The van der Waals surface area contributed by atoms with E-state index in [1.54, 1.807) is 0 Å². The summed E-state index contributed by atoms with van der Waals surface area (Å²) in [7, 11) is 0. The van der Waals surface area contributed by atoms with E-state index in [-0.39, 0.29) is 6.29 Å². The van der Waals surface area contributed by atoms with E-state index < -0.39 is 0 Å². The van der Waals surface area contributed by atoms with E-state index in [1.807, 2.05) is 0 Å². The maximum Gasteiger partial charge on any atom is 0.199 e. The van der Waals surface area contributed by atoms with Crippen molar-refractivity contribution in [3.05, 3.63) is 29.8 Å². The number of hydrogen-bond donors (Lipinski definition) is 0. The van der Waals surface area contributed by atoms with Crippen molar-refractivity contribution in [2.75, 3.05) is 6.61 Å². The van der Waals surface area contributed by atoms with Crippen LogP contribution in [0.2, 0.25) is 0 Å². The summed E-state index contributed by atoms with van der Waals surface area (Å²) in [5, 5.41) is 0. The van der Waals surface area contributed by atoms with Gasteiger partial charge in [0.2, 0.25) is 0 Å². The molecular formula is C15H22O2. The highest BCUT2D eigenvalue weighted by Gasteiger charge is 2.15. The first-order chi connectivity index (χ1) is 8.29. The summed E-state index contributed by atoms with van der Waals surface area (Å²) in [6, 6.07) is 8.43. The van der Waals surface area contributed by atoms with E-state index in [2.05, 4.69) is 38.1 Å². The van der Waals surface area contributed by atoms with Crippen LogP contribution in [0, 0.1) is 0 Å². The van der Waals surface area contributed by atoms with Gasteiger partial charge in [-0.15, -0.1) is 0 Å². The fourth-order valence-corrected chi connectivity index (χ4v) is 2.07. The van der Waals surface area contributed by atoms with Crippen molar-refractivity contribution < 1.29 is 9.47 Å². The average Bonchev–Trinajstić information content (AvgIpc) is 2.40. The average molecular weight is 234 g/mol. The van der Waals surface area contributed by atoms with E-state index in [9.17, 15) is 0 Å². The lowest BCUT2D eigenvalue weighted by atomic mass is 9.99. The number of rotatable bonds is 4. The van der Waals surface area contributed by atoms with Crippen LogP contribution in [-0.4, -0.2) is 12.9 Å². The highest BCUT2D eigenvalue weighted by atomic mass is 16.7. The first-order valence-corrected chi connectivity index (χ1v) is 6.68. The van der Waals surface area contributed by atoms with Gasteiger partial charge in [-0.25, -0.2) is 0 Å². The molecule has 0 saturated carbocycles. The van der Waals surface area contributed by atoms with Crippen molar-refractivity contribution in [1.29, 1.82) is 0 Å². The first-order valence-electron chi connectivity index (χ1n) is 6.68. The molecular weight excluding hydrogens is 212 g/mol. The Morgan fingerprint density at radius 2 is 2.06 bits per heavy atom. The number of ether oxygens (including phenoxy) is 2. The van der Waals surface area contributed by atoms with Crippen LogP contribution in [0.1, 0.15) is 51.0 Å². The second kappa shape index (κ2) is 6.06. The molecule has 1 fully saturated rings. The van der Waals surface area contributed by atoms with Crippen LogP contribution in [-0.2, 0) is 4.74 Å². The van der Waals surface area contributed by atoms with Crippen LogP contribution in [0.25, 0.3) is 0 Å². The molecule has 1 saturated heterocycles. The van der Waals surface area contributed by atoms with Crippen molar-refractivity contribution in [2.45, 2.75) is 51.7 Å². The Morgan fingerprint density at radius 3 is 2.65 bits per heavy atom. The molecule has 2 rings (SSSR count). The van der Waals surface area contributed by atoms with Gasteiger partial charge in [0, 0.05) is 6.42 Å². The SMILES string of the molecule is CCC(C)c1ccc(OC2CCCCO2)cc1. The van der Waals surface area contributed by atoms with Gasteiger partial charge in [-0.2, -0.15) is 0 Å². The summed E-state index contributed by atoms with van der Waals surface area (Å²) in [6.45, 7) is 5.29. The Kier molecular flexibility index (Phi) is 4.43.